The fraction of sp³-hybridized carbons (Fsp3) is 0.545. The molecule has 2 aliphatic heterocycles. The molecular weight excluding hydrogens is 398 g/mol. The first-order chi connectivity index (χ1) is 14.3. The number of hydrogen-bond donors (Lipinski definition) is 0. The van der Waals surface area contributed by atoms with Gasteiger partial charge in [-0.05, 0) is 51.7 Å². The maximum Gasteiger partial charge on any atom is 0.243 e. The summed E-state index contributed by atoms with van der Waals surface area (Å²) in [7, 11) is -3.49. The third kappa shape index (κ3) is 4.30. The third-order valence-electron chi connectivity index (χ3n) is 5.98. The van der Waals surface area contributed by atoms with Gasteiger partial charge in [-0.15, -0.1) is 0 Å². The second kappa shape index (κ2) is 8.51. The molecule has 0 aliphatic carbocycles. The highest BCUT2D eigenvalue weighted by atomic mass is 32.2. The molecule has 0 saturated carbocycles. The number of aryl methyl sites for hydroxylation is 3. The lowest BCUT2D eigenvalue weighted by Crippen LogP contribution is -2.49. The van der Waals surface area contributed by atoms with Crippen LogP contribution in [0.5, 0.6) is 0 Å². The molecule has 8 heteroatoms. The van der Waals surface area contributed by atoms with Gasteiger partial charge in [0.05, 0.1) is 4.90 Å². The van der Waals surface area contributed by atoms with Gasteiger partial charge in [0.25, 0.3) is 0 Å². The summed E-state index contributed by atoms with van der Waals surface area (Å²) >= 11 is 0. The van der Waals surface area contributed by atoms with Crippen LogP contribution in [-0.4, -0.2) is 62.0 Å². The van der Waals surface area contributed by atoms with Crippen LogP contribution in [0, 0.1) is 20.8 Å². The van der Waals surface area contributed by atoms with E-state index in [1.54, 1.807) is 10.4 Å². The molecule has 0 amide bonds. The number of piperidine rings is 1. The lowest BCUT2D eigenvalue weighted by atomic mass is 10.1. The zero-order chi connectivity index (χ0) is 21.3. The average Bonchev–Trinajstić information content (AvgIpc) is 2.74. The van der Waals surface area contributed by atoms with Crippen molar-refractivity contribution < 1.29 is 8.42 Å². The summed E-state index contributed by atoms with van der Waals surface area (Å²) in [4.78, 5) is 14.3. The Kier molecular flexibility index (Phi) is 5.97. The minimum Gasteiger partial charge on any atom is -0.356 e. The van der Waals surface area contributed by atoms with Crippen LogP contribution < -0.4 is 9.80 Å². The first-order valence-corrected chi connectivity index (χ1v) is 12.2. The van der Waals surface area contributed by atoms with Gasteiger partial charge in [0.2, 0.25) is 16.0 Å². The fourth-order valence-corrected chi connectivity index (χ4v) is 5.95. The summed E-state index contributed by atoms with van der Waals surface area (Å²) in [5, 5.41) is 0. The molecule has 0 N–H and O–H groups in total. The van der Waals surface area contributed by atoms with Crippen molar-refractivity contribution >= 4 is 21.8 Å². The number of rotatable bonds is 4. The van der Waals surface area contributed by atoms with Crippen molar-refractivity contribution in [3.63, 3.8) is 0 Å². The van der Waals surface area contributed by atoms with Crippen molar-refractivity contribution in [2.45, 2.75) is 44.9 Å². The van der Waals surface area contributed by atoms with Gasteiger partial charge < -0.3 is 9.80 Å². The molecule has 0 bridgehead atoms. The van der Waals surface area contributed by atoms with Crippen molar-refractivity contribution in [3.8, 4) is 0 Å². The van der Waals surface area contributed by atoms with E-state index >= 15 is 0 Å². The molecule has 0 atom stereocenters. The van der Waals surface area contributed by atoms with Crippen LogP contribution in [0.3, 0.4) is 0 Å². The molecule has 2 aromatic rings. The highest BCUT2D eigenvalue weighted by Gasteiger charge is 2.30. The maximum atomic E-state index is 13.1. The van der Waals surface area contributed by atoms with Crippen molar-refractivity contribution in [1.29, 1.82) is 0 Å². The average molecular weight is 430 g/mol. The van der Waals surface area contributed by atoms with Crippen molar-refractivity contribution in [3.05, 3.63) is 41.1 Å². The summed E-state index contributed by atoms with van der Waals surface area (Å²) in [6, 6.07) is 7.56. The molecule has 0 spiro atoms. The van der Waals surface area contributed by atoms with E-state index in [0.29, 0.717) is 37.0 Å². The SMILES string of the molecule is Cc1ccc(S(=O)(=O)N2CCN(c3nc(C)cc(N4CCCCC4)n3)CC2)c(C)c1. The standard InChI is InChI=1S/C22H31N5O2S/c1-17-7-8-20(18(2)15-17)30(28,29)27-13-11-26(12-14-27)22-23-19(3)16-21(24-22)25-9-5-4-6-10-25/h7-8,15-16H,4-6,9-14H2,1-3H3. The van der Waals surface area contributed by atoms with Gasteiger partial charge in [-0.2, -0.15) is 9.29 Å². The van der Waals surface area contributed by atoms with Gasteiger partial charge in [-0.3, -0.25) is 0 Å². The fourth-order valence-electron chi connectivity index (χ4n) is 4.32. The number of anilines is 2. The molecule has 2 saturated heterocycles. The second-order valence-electron chi connectivity index (χ2n) is 8.38. The molecule has 1 aromatic carbocycles. The Labute approximate surface area is 179 Å². The first-order valence-electron chi connectivity index (χ1n) is 10.8. The van der Waals surface area contributed by atoms with E-state index in [2.05, 4.69) is 20.9 Å². The van der Waals surface area contributed by atoms with Gasteiger partial charge in [0.15, 0.2) is 0 Å². The molecule has 162 valence electrons. The summed E-state index contributed by atoms with van der Waals surface area (Å²) in [5.41, 5.74) is 2.81. The monoisotopic (exact) mass is 429 g/mol. The number of aromatic nitrogens is 2. The van der Waals surface area contributed by atoms with Crippen LogP contribution in [0.4, 0.5) is 11.8 Å². The molecule has 0 radical (unpaired) electrons. The van der Waals surface area contributed by atoms with E-state index in [1.165, 1.54) is 19.3 Å². The van der Waals surface area contributed by atoms with Crippen molar-refractivity contribution in [2.75, 3.05) is 49.1 Å². The Balaban J connectivity index is 1.48. The van der Waals surface area contributed by atoms with Crippen molar-refractivity contribution in [1.82, 2.24) is 14.3 Å². The first kappa shape index (κ1) is 21.1. The minimum atomic E-state index is -3.49. The van der Waals surface area contributed by atoms with E-state index in [9.17, 15) is 8.42 Å². The van der Waals surface area contributed by atoms with Crippen LogP contribution in [0.1, 0.15) is 36.1 Å². The van der Waals surface area contributed by atoms with Crippen molar-refractivity contribution in [2.24, 2.45) is 0 Å². The van der Waals surface area contributed by atoms with E-state index in [1.807, 2.05) is 32.9 Å². The molecule has 2 fully saturated rings. The quantitative estimate of drug-likeness (QED) is 0.744. The zero-order valence-electron chi connectivity index (χ0n) is 18.1. The Morgan fingerprint density at radius 3 is 2.17 bits per heavy atom. The Morgan fingerprint density at radius 1 is 0.800 bits per heavy atom. The van der Waals surface area contributed by atoms with E-state index in [4.69, 9.17) is 4.98 Å². The van der Waals surface area contributed by atoms with E-state index < -0.39 is 10.0 Å². The van der Waals surface area contributed by atoms with Crippen LogP contribution in [0.15, 0.2) is 29.2 Å². The smallest absolute Gasteiger partial charge is 0.243 e. The highest BCUT2D eigenvalue weighted by Crippen LogP contribution is 2.25. The molecule has 0 unspecified atom stereocenters. The topological polar surface area (TPSA) is 69.6 Å². The van der Waals surface area contributed by atoms with E-state index in [0.717, 1.165) is 35.7 Å². The maximum absolute atomic E-state index is 13.1. The summed E-state index contributed by atoms with van der Waals surface area (Å²) in [5.74, 6) is 1.70. The second-order valence-corrected chi connectivity index (χ2v) is 10.3. The molecule has 30 heavy (non-hydrogen) atoms. The normalized spacial score (nSPS) is 18.6. The molecule has 1 aromatic heterocycles. The largest absolute Gasteiger partial charge is 0.356 e. The molecular formula is C22H31N5O2S. The zero-order valence-corrected chi connectivity index (χ0v) is 19.0. The molecule has 2 aliphatic rings. The third-order valence-corrected chi connectivity index (χ3v) is 8.04. The number of piperazine rings is 1. The number of hydrogen-bond acceptors (Lipinski definition) is 6. The number of nitrogens with zero attached hydrogens (tertiary/aromatic N) is 5. The molecule has 3 heterocycles. The summed E-state index contributed by atoms with van der Waals surface area (Å²) < 4.78 is 27.9. The summed E-state index contributed by atoms with van der Waals surface area (Å²) in [6.07, 6.45) is 3.69. The predicted octanol–water partition coefficient (Wildman–Crippen LogP) is 2.90. The van der Waals surface area contributed by atoms with Gasteiger partial charge in [0.1, 0.15) is 5.82 Å². The Morgan fingerprint density at radius 2 is 1.50 bits per heavy atom. The van der Waals surface area contributed by atoms with Crippen LogP contribution in [-0.2, 0) is 10.0 Å². The molecule has 7 nitrogen and oxygen atoms in total. The number of benzene rings is 1. The lowest BCUT2D eigenvalue weighted by Gasteiger charge is -2.35. The van der Waals surface area contributed by atoms with Crippen LogP contribution in [0.25, 0.3) is 0 Å². The highest BCUT2D eigenvalue weighted by molar-refractivity contribution is 7.89. The predicted molar refractivity (Wildman–Crippen MR) is 120 cm³/mol. The number of sulfonamides is 1. The summed E-state index contributed by atoms with van der Waals surface area (Å²) in [6.45, 7) is 9.97. The Bertz CT molecular complexity index is 1010. The van der Waals surface area contributed by atoms with Crippen LogP contribution in [0.2, 0.25) is 0 Å². The minimum absolute atomic E-state index is 0.403. The van der Waals surface area contributed by atoms with E-state index in [-0.39, 0.29) is 0 Å². The van der Waals surface area contributed by atoms with Gasteiger partial charge in [-0.1, -0.05) is 17.7 Å². The van der Waals surface area contributed by atoms with Crippen LogP contribution >= 0.6 is 0 Å². The van der Waals surface area contributed by atoms with Gasteiger partial charge in [-0.25, -0.2) is 13.4 Å². The lowest BCUT2D eigenvalue weighted by molar-refractivity contribution is 0.382. The van der Waals surface area contributed by atoms with Gasteiger partial charge >= 0.3 is 0 Å². The van der Waals surface area contributed by atoms with Gasteiger partial charge in [0, 0.05) is 51.0 Å². The molecule has 4 rings (SSSR count). The Hall–Kier alpha value is -2.19.